The van der Waals surface area contributed by atoms with Gasteiger partial charge in [0, 0.05) is 6.92 Å². The average Bonchev–Trinajstić information content (AvgIpc) is 1.64. The van der Waals surface area contributed by atoms with Crippen LogP contribution in [0.2, 0.25) is 0 Å². The second kappa shape index (κ2) is 3.76. The van der Waals surface area contributed by atoms with Crippen LogP contribution >= 0.6 is 0 Å². The minimum atomic E-state index is -1.90. The van der Waals surface area contributed by atoms with Gasteiger partial charge in [0.05, 0.1) is 0 Å². The molecule has 0 aliphatic carbocycles. The number of hydrogen-bond acceptors (Lipinski definition) is 5. The van der Waals surface area contributed by atoms with Gasteiger partial charge in [0.15, 0.2) is 0 Å². The third kappa shape index (κ3) is 4.31. The van der Waals surface area contributed by atoms with E-state index in [1.165, 1.54) is 0 Å². The fourth-order valence-electron chi connectivity index (χ4n) is 0.281. The molecule has 0 radical (unpaired) electrons. The Morgan fingerprint density at radius 3 is 1.78 bits per heavy atom. The number of ether oxygens (including phenoxy) is 2. The Morgan fingerprint density at radius 1 is 1.22 bits per heavy atom. The molecule has 0 amide bonds. The van der Waals surface area contributed by atoms with Crippen LogP contribution in [-0.2, 0) is 9.47 Å². The van der Waals surface area contributed by atoms with Gasteiger partial charge >= 0.3 is 0 Å². The second-order valence-electron chi connectivity index (χ2n) is 1.44. The molecule has 0 rings (SSSR count). The Hall–Kier alpha value is -0.200. The van der Waals surface area contributed by atoms with E-state index in [2.05, 4.69) is 9.47 Å². The highest BCUT2D eigenvalue weighted by atomic mass is 16.9. The summed E-state index contributed by atoms with van der Waals surface area (Å²) in [5.41, 5.74) is 0. The predicted molar refractivity (Wildman–Crippen MR) is 27.0 cm³/mol. The molecule has 0 saturated heterocycles. The van der Waals surface area contributed by atoms with Crippen molar-refractivity contribution in [1.82, 2.24) is 0 Å². The zero-order valence-electron chi connectivity index (χ0n) is 5.07. The minimum absolute atomic E-state index is 0.660. The first kappa shape index (κ1) is 8.80. The highest BCUT2D eigenvalue weighted by Gasteiger charge is 2.20. The van der Waals surface area contributed by atoms with Crippen molar-refractivity contribution >= 4 is 0 Å². The maximum atomic E-state index is 8.75. The van der Waals surface area contributed by atoms with Crippen molar-refractivity contribution in [2.45, 2.75) is 12.9 Å². The Bertz CT molecular complexity index is 63.4. The molecule has 0 aromatic rings. The smallest absolute Gasteiger partial charge is 0.281 e. The number of aliphatic hydroxyl groups excluding tert-OH is 2. The zero-order chi connectivity index (χ0) is 7.33. The van der Waals surface area contributed by atoms with Crippen molar-refractivity contribution in [2.75, 3.05) is 13.6 Å². The standard InChI is InChI=1S/C4H10O5/c1-4(7,8-2-5)9-3-6/h5-7H,2-3H2,1H3. The molecule has 0 heterocycles. The summed E-state index contributed by atoms with van der Waals surface area (Å²) < 4.78 is 8.40. The number of hydrogen-bond donors (Lipinski definition) is 3. The Kier molecular flexibility index (Phi) is 3.67. The molecule has 0 bridgehead atoms. The van der Waals surface area contributed by atoms with Crippen LogP contribution < -0.4 is 0 Å². The van der Waals surface area contributed by atoms with Crippen LogP contribution in [-0.4, -0.2) is 34.9 Å². The molecule has 0 aliphatic rings. The Balaban J connectivity index is 3.43. The largest absolute Gasteiger partial charge is 0.370 e. The molecule has 0 saturated carbocycles. The summed E-state index contributed by atoms with van der Waals surface area (Å²) in [6.45, 7) is -0.167. The van der Waals surface area contributed by atoms with Crippen LogP contribution in [0.15, 0.2) is 0 Å². The lowest BCUT2D eigenvalue weighted by Gasteiger charge is -2.20. The van der Waals surface area contributed by atoms with E-state index in [9.17, 15) is 0 Å². The topological polar surface area (TPSA) is 79.2 Å². The van der Waals surface area contributed by atoms with E-state index in [4.69, 9.17) is 15.3 Å². The van der Waals surface area contributed by atoms with Gasteiger partial charge in [-0.25, -0.2) is 0 Å². The van der Waals surface area contributed by atoms with Gasteiger partial charge < -0.3 is 24.8 Å². The third-order valence-electron chi connectivity index (χ3n) is 0.665. The fraction of sp³-hybridized carbons (Fsp3) is 1.00. The summed E-state index contributed by atoms with van der Waals surface area (Å²) in [6, 6.07) is 0. The molecule has 0 fully saturated rings. The molecule has 0 aromatic carbocycles. The lowest BCUT2D eigenvalue weighted by atomic mass is 10.6. The monoisotopic (exact) mass is 138 g/mol. The van der Waals surface area contributed by atoms with Gasteiger partial charge in [-0.2, -0.15) is 0 Å². The minimum Gasteiger partial charge on any atom is -0.370 e. The summed E-state index contributed by atoms with van der Waals surface area (Å²) >= 11 is 0. The van der Waals surface area contributed by atoms with Crippen molar-refractivity contribution in [3.05, 3.63) is 0 Å². The first-order valence-electron chi connectivity index (χ1n) is 2.34. The number of aliphatic hydroxyl groups is 3. The van der Waals surface area contributed by atoms with E-state index in [0.29, 0.717) is 0 Å². The van der Waals surface area contributed by atoms with Crippen molar-refractivity contribution in [3.8, 4) is 0 Å². The van der Waals surface area contributed by atoms with Gasteiger partial charge in [0.2, 0.25) is 0 Å². The van der Waals surface area contributed by atoms with Gasteiger partial charge in [-0.3, -0.25) is 0 Å². The Morgan fingerprint density at radius 2 is 1.56 bits per heavy atom. The van der Waals surface area contributed by atoms with Crippen molar-refractivity contribution in [2.24, 2.45) is 0 Å². The van der Waals surface area contributed by atoms with Gasteiger partial charge in [-0.05, 0) is 0 Å². The molecule has 56 valence electrons. The highest BCUT2D eigenvalue weighted by molar-refractivity contribution is 4.36. The lowest BCUT2D eigenvalue weighted by Crippen LogP contribution is -2.32. The zero-order valence-corrected chi connectivity index (χ0v) is 5.07. The normalized spacial score (nSPS) is 12.0. The summed E-state index contributed by atoms with van der Waals surface area (Å²) in [7, 11) is 0. The molecule has 0 spiro atoms. The average molecular weight is 138 g/mol. The summed E-state index contributed by atoms with van der Waals surface area (Å²) in [5, 5.41) is 24.9. The molecule has 0 unspecified atom stereocenters. The van der Waals surface area contributed by atoms with Gasteiger partial charge in [0.25, 0.3) is 5.97 Å². The van der Waals surface area contributed by atoms with Crippen LogP contribution in [0.25, 0.3) is 0 Å². The van der Waals surface area contributed by atoms with Crippen molar-refractivity contribution in [1.29, 1.82) is 0 Å². The van der Waals surface area contributed by atoms with E-state index in [-0.39, 0.29) is 0 Å². The van der Waals surface area contributed by atoms with Gasteiger partial charge in [-0.1, -0.05) is 0 Å². The third-order valence-corrected chi connectivity index (χ3v) is 0.665. The van der Waals surface area contributed by atoms with Crippen LogP contribution in [0.3, 0.4) is 0 Å². The molecular formula is C4H10O5. The maximum absolute atomic E-state index is 8.75. The second-order valence-corrected chi connectivity index (χ2v) is 1.44. The van der Waals surface area contributed by atoms with E-state index >= 15 is 0 Å². The number of rotatable bonds is 4. The molecular weight excluding hydrogens is 128 g/mol. The quantitative estimate of drug-likeness (QED) is 0.416. The van der Waals surface area contributed by atoms with Crippen LogP contribution in [0, 0.1) is 0 Å². The summed E-state index contributed by atoms with van der Waals surface area (Å²) in [4.78, 5) is 0. The highest BCUT2D eigenvalue weighted by Crippen LogP contribution is 2.04. The molecule has 0 aromatic heterocycles. The van der Waals surface area contributed by atoms with E-state index in [1.54, 1.807) is 0 Å². The predicted octanol–water partition coefficient (Wildman–Crippen LogP) is -1.41. The Labute approximate surface area is 52.4 Å². The fourth-order valence-corrected chi connectivity index (χ4v) is 0.281. The van der Waals surface area contributed by atoms with Crippen LogP contribution in [0.1, 0.15) is 6.92 Å². The lowest BCUT2D eigenvalue weighted by molar-refractivity contribution is -0.380. The molecule has 9 heavy (non-hydrogen) atoms. The van der Waals surface area contributed by atoms with E-state index in [0.717, 1.165) is 6.92 Å². The maximum Gasteiger partial charge on any atom is 0.281 e. The molecule has 5 nitrogen and oxygen atoms in total. The molecule has 0 atom stereocenters. The van der Waals surface area contributed by atoms with E-state index in [1.807, 2.05) is 0 Å². The van der Waals surface area contributed by atoms with Crippen molar-refractivity contribution < 1.29 is 24.8 Å². The SMILES string of the molecule is CC(O)(OCO)OCO. The first-order valence-corrected chi connectivity index (χ1v) is 2.34. The van der Waals surface area contributed by atoms with Crippen LogP contribution in [0.4, 0.5) is 0 Å². The summed E-state index contributed by atoms with van der Waals surface area (Å²) in [6.07, 6.45) is 0. The van der Waals surface area contributed by atoms with Gasteiger partial charge in [0.1, 0.15) is 13.6 Å². The van der Waals surface area contributed by atoms with Crippen molar-refractivity contribution in [3.63, 3.8) is 0 Å². The molecule has 5 heteroatoms. The van der Waals surface area contributed by atoms with Crippen LogP contribution in [0.5, 0.6) is 0 Å². The van der Waals surface area contributed by atoms with Gasteiger partial charge in [-0.15, -0.1) is 0 Å². The summed E-state index contributed by atoms with van der Waals surface area (Å²) in [5.74, 6) is -1.90. The molecule has 3 N–H and O–H groups in total. The molecule has 0 aliphatic heterocycles. The first-order chi connectivity index (χ1) is 4.12. The van der Waals surface area contributed by atoms with E-state index < -0.39 is 19.6 Å².